The van der Waals surface area contributed by atoms with Gasteiger partial charge in [-0.25, -0.2) is 0 Å². The molecule has 0 heterocycles. The highest BCUT2D eigenvalue weighted by Gasteiger charge is 2.20. The Morgan fingerprint density at radius 2 is 2.06 bits per heavy atom. The molecule has 2 nitrogen and oxygen atoms in total. The Labute approximate surface area is 108 Å². The highest BCUT2D eigenvalue weighted by molar-refractivity contribution is 8.96. The van der Waals surface area contributed by atoms with Gasteiger partial charge < -0.3 is 0 Å². The first-order chi connectivity index (χ1) is 7.57. The molecule has 0 amide bonds. The maximum absolute atomic E-state index is 11.9. The van der Waals surface area contributed by atoms with Crippen molar-refractivity contribution in [3.8, 4) is 6.07 Å². The molecular formula is C10H11ClNOPS2. The van der Waals surface area contributed by atoms with Gasteiger partial charge in [0.05, 0.1) is 11.6 Å². The molecular weight excluding hydrogens is 281 g/mol. The van der Waals surface area contributed by atoms with E-state index in [2.05, 4.69) is 0 Å². The molecule has 1 atom stereocenters. The van der Waals surface area contributed by atoms with Crippen LogP contribution in [0, 0.1) is 11.3 Å². The van der Waals surface area contributed by atoms with Gasteiger partial charge >= 0.3 is 0 Å². The Hall–Kier alpha value is -0.0700. The summed E-state index contributed by atoms with van der Waals surface area (Å²) in [4.78, 5) is -1.90. The topological polar surface area (TPSA) is 40.9 Å². The molecule has 0 spiro atoms. The lowest BCUT2D eigenvalue weighted by Gasteiger charge is -2.08. The first-order valence-electron chi connectivity index (χ1n) is 4.71. The molecule has 0 aliphatic rings. The molecule has 1 aromatic rings. The lowest BCUT2D eigenvalue weighted by Crippen LogP contribution is -1.74. The van der Waals surface area contributed by atoms with E-state index in [1.54, 1.807) is 24.3 Å². The van der Waals surface area contributed by atoms with Crippen LogP contribution in [0.5, 0.6) is 0 Å². The van der Waals surface area contributed by atoms with Crippen molar-refractivity contribution in [1.82, 2.24) is 0 Å². The van der Waals surface area contributed by atoms with Crippen LogP contribution in [0.4, 0.5) is 0 Å². The predicted molar refractivity (Wildman–Crippen MR) is 73.2 cm³/mol. The summed E-state index contributed by atoms with van der Waals surface area (Å²) < 4.78 is 11.9. The quantitative estimate of drug-likeness (QED) is 0.704. The van der Waals surface area contributed by atoms with Crippen molar-refractivity contribution >= 4 is 38.9 Å². The van der Waals surface area contributed by atoms with Gasteiger partial charge in [-0.15, -0.1) is 0 Å². The summed E-state index contributed by atoms with van der Waals surface area (Å²) in [5, 5.41) is 8.64. The van der Waals surface area contributed by atoms with E-state index in [9.17, 15) is 4.57 Å². The van der Waals surface area contributed by atoms with Gasteiger partial charge in [-0.2, -0.15) is 5.26 Å². The largest absolute Gasteiger partial charge is 0.282 e. The van der Waals surface area contributed by atoms with Crippen molar-refractivity contribution in [2.24, 2.45) is 0 Å². The van der Waals surface area contributed by atoms with Crippen molar-refractivity contribution < 1.29 is 4.57 Å². The number of hydrogen-bond donors (Lipinski definition) is 0. The molecule has 1 aromatic carbocycles. The Morgan fingerprint density at radius 1 is 1.44 bits per heavy atom. The van der Waals surface area contributed by atoms with E-state index in [-0.39, 0.29) is 0 Å². The van der Waals surface area contributed by atoms with E-state index in [1.807, 2.05) is 13.0 Å². The van der Waals surface area contributed by atoms with Crippen LogP contribution in [0.15, 0.2) is 29.2 Å². The number of halogens is 1. The minimum atomic E-state index is -2.73. The van der Waals surface area contributed by atoms with Gasteiger partial charge in [0, 0.05) is 10.6 Å². The Kier molecular flexibility index (Phi) is 5.78. The summed E-state index contributed by atoms with van der Waals surface area (Å²) in [6, 6.07) is 8.97. The maximum atomic E-state index is 11.9. The molecule has 0 fully saturated rings. The smallest absolute Gasteiger partial charge is 0.279 e. The normalized spacial score (nSPS) is 14.1. The third-order valence-corrected chi connectivity index (χ3v) is 9.13. The lowest BCUT2D eigenvalue weighted by atomic mass is 10.2. The van der Waals surface area contributed by atoms with Crippen LogP contribution in [0.2, 0.25) is 0 Å². The van der Waals surface area contributed by atoms with Crippen LogP contribution < -0.4 is 0 Å². The SMILES string of the molecule is CCCSP(=O)(Cl)Sc1ccc(C#N)cc1. The maximum Gasteiger partial charge on any atom is 0.279 e. The van der Waals surface area contributed by atoms with Gasteiger partial charge in [-0.1, -0.05) is 18.3 Å². The van der Waals surface area contributed by atoms with Gasteiger partial charge in [-0.3, -0.25) is 4.57 Å². The van der Waals surface area contributed by atoms with Crippen molar-refractivity contribution in [2.75, 3.05) is 5.75 Å². The van der Waals surface area contributed by atoms with Gasteiger partial charge in [0.2, 0.25) is 0 Å². The summed E-state index contributed by atoms with van der Waals surface area (Å²) in [6.45, 7) is 2.02. The molecule has 6 heteroatoms. The second kappa shape index (κ2) is 6.61. The molecule has 1 rings (SSSR count). The molecule has 16 heavy (non-hydrogen) atoms. The number of nitrogens with zero attached hydrogens (tertiary/aromatic N) is 1. The molecule has 0 aromatic heterocycles. The molecule has 0 aliphatic carbocycles. The number of hydrogen-bond acceptors (Lipinski definition) is 4. The fraction of sp³-hybridized carbons (Fsp3) is 0.300. The van der Waals surface area contributed by atoms with Crippen molar-refractivity contribution in [3.63, 3.8) is 0 Å². The molecule has 0 saturated carbocycles. The van der Waals surface area contributed by atoms with E-state index < -0.39 is 4.90 Å². The summed E-state index contributed by atoms with van der Waals surface area (Å²) in [5.41, 5.74) is 0.593. The average molecular weight is 292 g/mol. The predicted octanol–water partition coefficient (Wildman–Crippen LogP) is 5.14. The minimum Gasteiger partial charge on any atom is -0.282 e. The third-order valence-electron chi connectivity index (χ3n) is 1.65. The van der Waals surface area contributed by atoms with Crippen LogP contribution in [0.25, 0.3) is 0 Å². The summed E-state index contributed by atoms with van der Waals surface area (Å²) in [5.74, 6) is 0.796. The van der Waals surface area contributed by atoms with E-state index in [0.29, 0.717) is 5.56 Å². The molecule has 86 valence electrons. The first kappa shape index (κ1) is 14.0. The highest BCUT2D eigenvalue weighted by Crippen LogP contribution is 2.75. The standard InChI is InChI=1S/C10H11ClNOPS2/c1-2-7-15-14(11,13)16-10-5-3-9(8-12)4-6-10/h3-6H,2,7H2,1H3. The van der Waals surface area contributed by atoms with Gasteiger partial charge in [0.1, 0.15) is 0 Å². The minimum absolute atomic E-state index is 0.593. The molecule has 0 saturated heterocycles. The number of rotatable bonds is 5. The molecule has 1 unspecified atom stereocenters. The zero-order valence-corrected chi connectivity index (χ0v) is 12.0. The van der Waals surface area contributed by atoms with E-state index in [1.165, 1.54) is 22.8 Å². The second-order valence-electron chi connectivity index (χ2n) is 2.99. The summed E-state index contributed by atoms with van der Waals surface area (Å²) in [7, 11) is 0. The third kappa shape index (κ3) is 4.84. The second-order valence-corrected chi connectivity index (χ2v) is 12.9. The summed E-state index contributed by atoms with van der Waals surface area (Å²) in [6.07, 6.45) is 0.954. The average Bonchev–Trinajstić information content (AvgIpc) is 2.27. The fourth-order valence-electron chi connectivity index (χ4n) is 0.943. The molecule has 0 bridgehead atoms. The van der Waals surface area contributed by atoms with Crippen LogP contribution >= 0.6 is 38.9 Å². The first-order valence-corrected chi connectivity index (χ1v) is 10.3. The van der Waals surface area contributed by atoms with Gasteiger partial charge in [0.25, 0.3) is 4.90 Å². The Morgan fingerprint density at radius 3 is 2.56 bits per heavy atom. The highest BCUT2D eigenvalue weighted by atomic mass is 35.7. The van der Waals surface area contributed by atoms with Crippen molar-refractivity contribution in [3.05, 3.63) is 29.8 Å². The molecule has 0 radical (unpaired) electrons. The van der Waals surface area contributed by atoms with E-state index >= 15 is 0 Å². The fourth-order valence-corrected chi connectivity index (χ4v) is 7.64. The van der Waals surface area contributed by atoms with E-state index in [0.717, 1.165) is 17.1 Å². The van der Waals surface area contributed by atoms with Crippen LogP contribution in [-0.2, 0) is 4.57 Å². The zero-order chi connectivity index (χ0) is 12.0. The van der Waals surface area contributed by atoms with Gasteiger partial charge in [0.15, 0.2) is 0 Å². The molecule has 0 aliphatic heterocycles. The molecule has 0 N–H and O–H groups in total. The van der Waals surface area contributed by atoms with Crippen molar-refractivity contribution in [1.29, 1.82) is 5.26 Å². The van der Waals surface area contributed by atoms with Crippen LogP contribution in [0.3, 0.4) is 0 Å². The lowest BCUT2D eigenvalue weighted by molar-refractivity contribution is 0.601. The van der Waals surface area contributed by atoms with Crippen LogP contribution in [-0.4, -0.2) is 5.75 Å². The van der Waals surface area contributed by atoms with Crippen LogP contribution in [0.1, 0.15) is 18.9 Å². The Balaban J connectivity index is 2.65. The number of nitriles is 1. The summed E-state index contributed by atoms with van der Waals surface area (Å²) >= 11 is 8.42. The van der Waals surface area contributed by atoms with E-state index in [4.69, 9.17) is 16.5 Å². The van der Waals surface area contributed by atoms with Gasteiger partial charge in [-0.05, 0) is 53.3 Å². The monoisotopic (exact) mass is 291 g/mol. The Bertz CT molecular complexity index is 429. The van der Waals surface area contributed by atoms with Crippen molar-refractivity contribution in [2.45, 2.75) is 18.2 Å². The zero-order valence-electron chi connectivity index (χ0n) is 8.72. The number of benzene rings is 1.